The fourth-order valence-electron chi connectivity index (χ4n) is 1.74. The van der Waals surface area contributed by atoms with Crippen LogP contribution < -0.4 is 10.6 Å². The first-order valence-electron chi connectivity index (χ1n) is 6.24. The van der Waals surface area contributed by atoms with Crippen LogP contribution in [0, 0.1) is 6.92 Å². The smallest absolute Gasteiger partial charge is 0.243 e. The second kappa shape index (κ2) is 7.55. The van der Waals surface area contributed by atoms with Crippen LogP contribution in [0.5, 0.6) is 0 Å². The fraction of sp³-hybridized carbons (Fsp3) is 0.286. The van der Waals surface area contributed by atoms with E-state index in [1.165, 1.54) is 0 Å². The molecule has 0 spiro atoms. The van der Waals surface area contributed by atoms with Crippen molar-refractivity contribution in [3.63, 3.8) is 0 Å². The molecule has 0 aliphatic carbocycles. The fourth-order valence-corrected chi connectivity index (χ4v) is 1.74. The van der Waals surface area contributed by atoms with Crippen LogP contribution in [0.4, 0.5) is 11.4 Å². The monoisotopic (exact) mass is 295 g/mol. The normalized spacial score (nSPS) is 9.70. The number of hydrogen-bond donors (Lipinski definition) is 2. The molecule has 2 aromatic rings. The van der Waals surface area contributed by atoms with Crippen LogP contribution in [-0.4, -0.2) is 17.6 Å². The molecule has 0 aliphatic heterocycles. The van der Waals surface area contributed by atoms with Crippen molar-refractivity contribution in [1.29, 1.82) is 0 Å². The number of nitrogens with one attached hydrogen (secondary N) is 2. The van der Waals surface area contributed by atoms with E-state index in [-0.39, 0.29) is 24.9 Å². The highest BCUT2D eigenvalue weighted by Gasteiger charge is 2.13. The number of nitrogens with zero attached hydrogens (tertiary/aromatic N) is 1. The number of halogens is 1. The average molecular weight is 296 g/mol. The molecule has 0 atom stereocenters. The van der Waals surface area contributed by atoms with Crippen LogP contribution >= 0.6 is 12.4 Å². The first kappa shape index (κ1) is 16.0. The van der Waals surface area contributed by atoms with Crippen LogP contribution in [-0.2, 0) is 11.2 Å². The summed E-state index contributed by atoms with van der Waals surface area (Å²) in [4.78, 5) is 11.9. The number of benzene rings is 1. The van der Waals surface area contributed by atoms with Crippen molar-refractivity contribution in [3.05, 3.63) is 41.8 Å². The predicted molar refractivity (Wildman–Crippen MR) is 81.4 cm³/mol. The van der Waals surface area contributed by atoms with E-state index in [9.17, 15) is 4.79 Å². The maximum atomic E-state index is 11.9. The van der Waals surface area contributed by atoms with Crippen LogP contribution in [0.15, 0.2) is 34.9 Å². The summed E-state index contributed by atoms with van der Waals surface area (Å²) in [5.74, 6) is 0.509. The van der Waals surface area contributed by atoms with Gasteiger partial charge in [0, 0.05) is 5.69 Å². The van der Waals surface area contributed by atoms with E-state index < -0.39 is 0 Å². The van der Waals surface area contributed by atoms with E-state index >= 15 is 0 Å². The third-order valence-corrected chi connectivity index (χ3v) is 2.76. The summed E-state index contributed by atoms with van der Waals surface area (Å²) < 4.78 is 5.07. The Morgan fingerprint density at radius 2 is 2.00 bits per heavy atom. The van der Waals surface area contributed by atoms with Gasteiger partial charge in [0.2, 0.25) is 5.91 Å². The number of carbonyl (C=O) groups excluding carboxylic acids is 1. The molecule has 0 unspecified atom stereocenters. The molecule has 0 fully saturated rings. The lowest BCUT2D eigenvalue weighted by Crippen LogP contribution is -2.22. The first-order valence-corrected chi connectivity index (χ1v) is 6.24. The highest BCUT2D eigenvalue weighted by Crippen LogP contribution is 2.20. The minimum absolute atomic E-state index is 0. The molecule has 2 rings (SSSR count). The van der Waals surface area contributed by atoms with E-state index in [2.05, 4.69) is 15.8 Å². The van der Waals surface area contributed by atoms with Gasteiger partial charge < -0.3 is 15.2 Å². The lowest BCUT2D eigenvalue weighted by atomic mass is 10.2. The zero-order valence-electron chi connectivity index (χ0n) is 11.5. The van der Waals surface area contributed by atoms with Crippen molar-refractivity contribution in [3.8, 4) is 0 Å². The molecule has 2 N–H and O–H groups in total. The maximum Gasteiger partial charge on any atom is 0.243 e. The standard InChI is InChI=1S/C14H17N3O2.ClH/c1-3-12-14(10(2)19-17-12)16-13(18)9-15-11-7-5-4-6-8-11;/h4-8,15H,3,9H2,1-2H3,(H,16,18);1H. The van der Waals surface area contributed by atoms with E-state index in [4.69, 9.17) is 4.52 Å². The molecule has 1 amide bonds. The zero-order valence-corrected chi connectivity index (χ0v) is 12.3. The van der Waals surface area contributed by atoms with Gasteiger partial charge in [-0.1, -0.05) is 30.3 Å². The van der Waals surface area contributed by atoms with E-state index in [0.717, 1.165) is 17.8 Å². The Morgan fingerprint density at radius 1 is 1.30 bits per heavy atom. The molecule has 1 aromatic heterocycles. The Kier molecular flexibility index (Phi) is 6.06. The zero-order chi connectivity index (χ0) is 13.7. The third-order valence-electron chi connectivity index (χ3n) is 2.76. The highest BCUT2D eigenvalue weighted by atomic mass is 35.5. The molecule has 1 heterocycles. The molecular weight excluding hydrogens is 278 g/mol. The lowest BCUT2D eigenvalue weighted by Gasteiger charge is -2.07. The number of anilines is 2. The second-order valence-electron chi connectivity index (χ2n) is 4.18. The minimum atomic E-state index is -0.121. The van der Waals surface area contributed by atoms with Gasteiger partial charge in [-0.05, 0) is 25.5 Å². The van der Waals surface area contributed by atoms with E-state index in [1.54, 1.807) is 6.92 Å². The molecule has 0 radical (unpaired) electrons. The molecule has 5 nitrogen and oxygen atoms in total. The SMILES string of the molecule is CCc1noc(C)c1NC(=O)CNc1ccccc1.Cl. The molecule has 6 heteroatoms. The number of hydrogen-bond acceptors (Lipinski definition) is 4. The first-order chi connectivity index (χ1) is 9.20. The quantitative estimate of drug-likeness (QED) is 0.890. The minimum Gasteiger partial charge on any atom is -0.376 e. The van der Waals surface area contributed by atoms with Gasteiger partial charge >= 0.3 is 0 Å². The molecule has 0 saturated carbocycles. The average Bonchev–Trinajstić information content (AvgIpc) is 2.78. The topological polar surface area (TPSA) is 67.2 Å². The van der Waals surface area contributed by atoms with Crippen molar-refractivity contribution >= 4 is 29.7 Å². The molecular formula is C14H18ClN3O2. The van der Waals surface area contributed by atoms with Gasteiger partial charge in [0.15, 0.2) is 5.76 Å². The number of amides is 1. The molecule has 0 saturated heterocycles. The Bertz CT molecular complexity index is 555. The highest BCUT2D eigenvalue weighted by molar-refractivity contribution is 5.94. The van der Waals surface area contributed by atoms with Crippen LogP contribution in [0.1, 0.15) is 18.4 Å². The van der Waals surface area contributed by atoms with Crippen LogP contribution in [0.25, 0.3) is 0 Å². The number of para-hydroxylation sites is 1. The molecule has 0 bridgehead atoms. The van der Waals surface area contributed by atoms with E-state index in [1.807, 2.05) is 37.3 Å². The summed E-state index contributed by atoms with van der Waals surface area (Å²) in [5, 5.41) is 9.77. The Labute approximate surface area is 124 Å². The van der Waals surface area contributed by atoms with Gasteiger partial charge in [0.25, 0.3) is 0 Å². The molecule has 20 heavy (non-hydrogen) atoms. The molecule has 1 aromatic carbocycles. The Balaban J connectivity index is 0.00000200. The summed E-state index contributed by atoms with van der Waals surface area (Å²) >= 11 is 0. The van der Waals surface area contributed by atoms with Crippen LogP contribution in [0.2, 0.25) is 0 Å². The van der Waals surface area contributed by atoms with Gasteiger partial charge in [-0.3, -0.25) is 4.79 Å². The second-order valence-corrected chi connectivity index (χ2v) is 4.18. The summed E-state index contributed by atoms with van der Waals surface area (Å²) in [6, 6.07) is 9.59. The van der Waals surface area contributed by atoms with Gasteiger partial charge in [0.1, 0.15) is 11.4 Å². The largest absolute Gasteiger partial charge is 0.376 e. The number of aromatic nitrogens is 1. The summed E-state index contributed by atoms with van der Waals surface area (Å²) in [7, 11) is 0. The Hall–Kier alpha value is -2.01. The molecule has 0 aliphatic rings. The van der Waals surface area contributed by atoms with Gasteiger partial charge in [0.05, 0.1) is 6.54 Å². The third kappa shape index (κ3) is 3.99. The van der Waals surface area contributed by atoms with Gasteiger partial charge in [-0.25, -0.2) is 0 Å². The van der Waals surface area contributed by atoms with Crippen molar-refractivity contribution in [1.82, 2.24) is 5.16 Å². The predicted octanol–water partition coefficient (Wildman–Crippen LogP) is 3.02. The van der Waals surface area contributed by atoms with Gasteiger partial charge in [-0.2, -0.15) is 0 Å². The van der Waals surface area contributed by atoms with Crippen LogP contribution in [0.3, 0.4) is 0 Å². The summed E-state index contributed by atoms with van der Waals surface area (Å²) in [6.45, 7) is 3.96. The summed E-state index contributed by atoms with van der Waals surface area (Å²) in [5.41, 5.74) is 2.36. The lowest BCUT2D eigenvalue weighted by molar-refractivity contribution is -0.114. The van der Waals surface area contributed by atoms with Gasteiger partial charge in [-0.15, -0.1) is 12.4 Å². The number of rotatable bonds is 5. The summed E-state index contributed by atoms with van der Waals surface area (Å²) in [6.07, 6.45) is 0.721. The van der Waals surface area contributed by atoms with Crippen molar-refractivity contribution in [2.75, 3.05) is 17.2 Å². The van der Waals surface area contributed by atoms with Crippen molar-refractivity contribution < 1.29 is 9.32 Å². The van der Waals surface area contributed by atoms with Crippen molar-refractivity contribution in [2.24, 2.45) is 0 Å². The molecule has 108 valence electrons. The van der Waals surface area contributed by atoms with E-state index in [0.29, 0.717) is 11.4 Å². The number of carbonyl (C=O) groups is 1. The number of aryl methyl sites for hydroxylation is 2. The maximum absolute atomic E-state index is 11.9. The van der Waals surface area contributed by atoms with Crippen molar-refractivity contribution in [2.45, 2.75) is 20.3 Å². The Morgan fingerprint density at radius 3 is 2.65 bits per heavy atom.